The molecule has 0 saturated carbocycles. The topological polar surface area (TPSA) is 58.8 Å². The van der Waals surface area contributed by atoms with Crippen molar-refractivity contribution in [3.8, 4) is 5.75 Å². The lowest BCUT2D eigenvalue weighted by atomic mass is 10.2. The molecule has 1 fully saturated rings. The van der Waals surface area contributed by atoms with E-state index < -0.39 is 0 Å². The molecule has 5 nitrogen and oxygen atoms in total. The van der Waals surface area contributed by atoms with Crippen LogP contribution in [0.25, 0.3) is 0 Å². The quantitative estimate of drug-likeness (QED) is 0.532. The second kappa shape index (κ2) is 7.15. The molecule has 0 aromatic heterocycles. The summed E-state index contributed by atoms with van der Waals surface area (Å²) in [7, 11) is 0. The third-order valence-electron chi connectivity index (χ3n) is 3.96. The van der Waals surface area contributed by atoms with E-state index >= 15 is 0 Å². The Kier molecular flexibility index (Phi) is 4.78. The van der Waals surface area contributed by atoms with Crippen LogP contribution >= 0.6 is 0 Å². The number of nitrogens with zero attached hydrogens (tertiary/aromatic N) is 2. The number of rotatable bonds is 4. The van der Waals surface area contributed by atoms with E-state index in [0.717, 1.165) is 31.9 Å². The van der Waals surface area contributed by atoms with Gasteiger partial charge in [-0.15, -0.1) is 0 Å². The first-order valence-electron chi connectivity index (χ1n) is 7.79. The maximum atomic E-state index is 12.0. The monoisotopic (exact) mass is 311 g/mol. The third kappa shape index (κ3) is 4.23. The second-order valence-electron chi connectivity index (χ2n) is 5.64. The van der Waals surface area contributed by atoms with Gasteiger partial charge in [-0.3, -0.25) is 9.69 Å². The summed E-state index contributed by atoms with van der Waals surface area (Å²) in [5, 5.41) is 0. The highest BCUT2D eigenvalue weighted by Crippen LogP contribution is 2.18. The van der Waals surface area contributed by atoms with Gasteiger partial charge in [0.25, 0.3) is 0 Å². The Morgan fingerprint density at radius 3 is 2.26 bits per heavy atom. The molecule has 2 aromatic carbocycles. The van der Waals surface area contributed by atoms with E-state index in [9.17, 15) is 4.79 Å². The zero-order chi connectivity index (χ0) is 16.1. The van der Waals surface area contributed by atoms with Crippen molar-refractivity contribution in [2.24, 2.45) is 0 Å². The molecule has 0 amide bonds. The normalized spacial score (nSPS) is 15.4. The van der Waals surface area contributed by atoms with Crippen LogP contribution in [0.2, 0.25) is 0 Å². The Balaban J connectivity index is 1.47. The SMILES string of the molecule is Nc1ccc(N2CCN(CC(=O)Oc3ccccc3)CC2)cc1. The number of anilines is 2. The minimum Gasteiger partial charge on any atom is -0.426 e. The average Bonchev–Trinajstić information content (AvgIpc) is 2.57. The van der Waals surface area contributed by atoms with Crippen LogP contribution in [0.3, 0.4) is 0 Å². The molecule has 0 radical (unpaired) electrons. The predicted molar refractivity (Wildman–Crippen MR) is 91.6 cm³/mol. The van der Waals surface area contributed by atoms with E-state index in [1.165, 1.54) is 5.69 Å². The smallest absolute Gasteiger partial charge is 0.325 e. The minimum atomic E-state index is -0.211. The molecule has 0 aliphatic carbocycles. The summed E-state index contributed by atoms with van der Waals surface area (Å²) in [6.07, 6.45) is 0. The summed E-state index contributed by atoms with van der Waals surface area (Å²) in [4.78, 5) is 16.4. The van der Waals surface area contributed by atoms with Crippen LogP contribution in [0.1, 0.15) is 0 Å². The number of hydrogen-bond acceptors (Lipinski definition) is 5. The van der Waals surface area contributed by atoms with E-state index in [4.69, 9.17) is 10.5 Å². The Morgan fingerprint density at radius 1 is 0.957 bits per heavy atom. The van der Waals surface area contributed by atoms with Crippen LogP contribution in [0.5, 0.6) is 5.75 Å². The predicted octanol–water partition coefficient (Wildman–Crippen LogP) is 2.00. The van der Waals surface area contributed by atoms with Crippen molar-refractivity contribution in [2.45, 2.75) is 0 Å². The largest absolute Gasteiger partial charge is 0.426 e. The first-order chi connectivity index (χ1) is 11.2. The fourth-order valence-corrected chi connectivity index (χ4v) is 2.68. The zero-order valence-corrected chi connectivity index (χ0v) is 13.0. The maximum Gasteiger partial charge on any atom is 0.325 e. The van der Waals surface area contributed by atoms with Crippen molar-refractivity contribution in [3.63, 3.8) is 0 Å². The highest BCUT2D eigenvalue weighted by molar-refractivity contribution is 5.74. The molecule has 1 aliphatic heterocycles. The molecular weight excluding hydrogens is 290 g/mol. The van der Waals surface area contributed by atoms with Gasteiger partial charge in [-0.25, -0.2) is 0 Å². The van der Waals surface area contributed by atoms with Gasteiger partial charge in [0.05, 0.1) is 6.54 Å². The molecule has 0 atom stereocenters. The molecule has 5 heteroatoms. The Labute approximate surface area is 136 Å². The fourth-order valence-electron chi connectivity index (χ4n) is 2.68. The molecule has 1 aliphatic rings. The molecule has 2 N–H and O–H groups in total. The van der Waals surface area contributed by atoms with Crippen LogP contribution in [-0.2, 0) is 4.79 Å². The Bertz CT molecular complexity index is 635. The van der Waals surface area contributed by atoms with E-state index in [-0.39, 0.29) is 5.97 Å². The van der Waals surface area contributed by atoms with Crippen LogP contribution in [0.4, 0.5) is 11.4 Å². The molecule has 0 unspecified atom stereocenters. The van der Waals surface area contributed by atoms with Crippen LogP contribution in [0, 0.1) is 0 Å². The summed E-state index contributed by atoms with van der Waals surface area (Å²) in [5.41, 5.74) is 7.66. The number of nitrogens with two attached hydrogens (primary N) is 1. The first kappa shape index (κ1) is 15.4. The molecular formula is C18H21N3O2. The average molecular weight is 311 g/mol. The van der Waals surface area contributed by atoms with E-state index in [2.05, 4.69) is 9.80 Å². The van der Waals surface area contributed by atoms with Crippen molar-refractivity contribution in [3.05, 3.63) is 54.6 Å². The molecule has 0 spiro atoms. The van der Waals surface area contributed by atoms with Crippen molar-refractivity contribution in [1.29, 1.82) is 0 Å². The number of benzene rings is 2. The molecule has 1 heterocycles. The lowest BCUT2D eigenvalue weighted by molar-refractivity contribution is -0.135. The van der Waals surface area contributed by atoms with Gasteiger partial charge in [-0.1, -0.05) is 18.2 Å². The highest BCUT2D eigenvalue weighted by atomic mass is 16.5. The van der Waals surface area contributed by atoms with Crippen LogP contribution in [-0.4, -0.2) is 43.6 Å². The van der Waals surface area contributed by atoms with Crippen molar-refractivity contribution in [2.75, 3.05) is 43.4 Å². The Hall–Kier alpha value is -2.53. The fraction of sp³-hybridized carbons (Fsp3) is 0.278. The van der Waals surface area contributed by atoms with Crippen molar-refractivity contribution >= 4 is 17.3 Å². The number of para-hydroxylation sites is 1. The van der Waals surface area contributed by atoms with Gasteiger partial charge < -0.3 is 15.4 Å². The molecule has 0 bridgehead atoms. The second-order valence-corrected chi connectivity index (χ2v) is 5.64. The van der Waals surface area contributed by atoms with Gasteiger partial charge in [0.15, 0.2) is 0 Å². The lowest BCUT2D eigenvalue weighted by Crippen LogP contribution is -2.48. The number of nitrogen functional groups attached to an aromatic ring is 1. The number of ether oxygens (including phenoxy) is 1. The number of esters is 1. The van der Waals surface area contributed by atoms with Gasteiger partial charge in [-0.2, -0.15) is 0 Å². The van der Waals surface area contributed by atoms with E-state index in [1.807, 2.05) is 42.5 Å². The zero-order valence-electron chi connectivity index (χ0n) is 13.0. The molecule has 3 rings (SSSR count). The lowest BCUT2D eigenvalue weighted by Gasteiger charge is -2.35. The molecule has 1 saturated heterocycles. The molecule has 2 aromatic rings. The summed E-state index contributed by atoms with van der Waals surface area (Å²) >= 11 is 0. The third-order valence-corrected chi connectivity index (χ3v) is 3.96. The van der Waals surface area contributed by atoms with Gasteiger partial charge in [-0.05, 0) is 36.4 Å². The summed E-state index contributed by atoms with van der Waals surface area (Å²) < 4.78 is 5.33. The summed E-state index contributed by atoms with van der Waals surface area (Å²) in [6.45, 7) is 3.79. The number of piperazine rings is 1. The summed E-state index contributed by atoms with van der Waals surface area (Å²) in [6, 6.07) is 17.1. The Morgan fingerprint density at radius 2 is 1.61 bits per heavy atom. The number of hydrogen-bond donors (Lipinski definition) is 1. The van der Waals surface area contributed by atoms with Gasteiger partial charge in [0.1, 0.15) is 5.75 Å². The van der Waals surface area contributed by atoms with E-state index in [0.29, 0.717) is 12.3 Å². The van der Waals surface area contributed by atoms with Gasteiger partial charge in [0.2, 0.25) is 0 Å². The van der Waals surface area contributed by atoms with Crippen molar-refractivity contribution in [1.82, 2.24) is 4.90 Å². The van der Waals surface area contributed by atoms with Crippen molar-refractivity contribution < 1.29 is 9.53 Å². The first-order valence-corrected chi connectivity index (χ1v) is 7.79. The highest BCUT2D eigenvalue weighted by Gasteiger charge is 2.20. The molecule has 23 heavy (non-hydrogen) atoms. The van der Waals surface area contributed by atoms with Gasteiger partial charge >= 0.3 is 5.97 Å². The van der Waals surface area contributed by atoms with Crippen LogP contribution in [0.15, 0.2) is 54.6 Å². The number of carbonyl (C=O) groups is 1. The van der Waals surface area contributed by atoms with E-state index in [1.54, 1.807) is 12.1 Å². The standard InChI is InChI=1S/C18H21N3O2/c19-15-6-8-16(9-7-15)21-12-10-20(11-13-21)14-18(22)23-17-4-2-1-3-5-17/h1-9H,10-14,19H2. The maximum absolute atomic E-state index is 12.0. The molecule has 120 valence electrons. The van der Waals surface area contributed by atoms with Gasteiger partial charge in [0, 0.05) is 37.6 Å². The van der Waals surface area contributed by atoms with Crippen LogP contribution < -0.4 is 15.4 Å². The minimum absolute atomic E-state index is 0.211. The summed E-state index contributed by atoms with van der Waals surface area (Å²) in [5.74, 6) is 0.384. The number of carbonyl (C=O) groups excluding carboxylic acids is 1.